The van der Waals surface area contributed by atoms with Gasteiger partial charge in [0.1, 0.15) is 0 Å². The van der Waals surface area contributed by atoms with Gasteiger partial charge in [-0.2, -0.15) is 0 Å². The van der Waals surface area contributed by atoms with Crippen LogP contribution in [0, 0.1) is 0 Å². The Bertz CT molecular complexity index is 810. The first-order valence-electron chi connectivity index (χ1n) is 7.54. The number of amides is 1. The first-order chi connectivity index (χ1) is 12.5. The molecule has 0 atom stereocenters. The fourth-order valence-corrected chi connectivity index (χ4v) is 2.28. The van der Waals surface area contributed by atoms with Gasteiger partial charge in [0.2, 0.25) is 0 Å². The normalized spacial score (nSPS) is 10.3. The summed E-state index contributed by atoms with van der Waals surface area (Å²) in [5, 5.41) is 3.80. The first kappa shape index (κ1) is 19.6. The Morgan fingerprint density at radius 1 is 1.04 bits per heavy atom. The number of carbonyl (C=O) groups is 1. The number of hydrogen-bond donors (Lipinski definition) is 3. The van der Waals surface area contributed by atoms with Crippen LogP contribution in [0.4, 0.5) is 5.69 Å². The number of hydrogen-bond acceptors (Lipinski definition) is 4. The minimum atomic E-state index is -0.361. The topological polar surface area (TPSA) is 71.6 Å². The van der Waals surface area contributed by atoms with E-state index in [4.69, 9.17) is 33.3 Å². The van der Waals surface area contributed by atoms with E-state index in [9.17, 15) is 4.79 Å². The van der Waals surface area contributed by atoms with Gasteiger partial charge in [0.25, 0.3) is 5.91 Å². The van der Waals surface area contributed by atoms with E-state index < -0.39 is 0 Å². The van der Waals surface area contributed by atoms with Gasteiger partial charge in [0.05, 0.1) is 14.2 Å². The van der Waals surface area contributed by atoms with Crippen molar-refractivity contribution < 1.29 is 14.3 Å². The molecule has 0 bridgehead atoms. The summed E-state index contributed by atoms with van der Waals surface area (Å²) in [6.45, 7) is 0. The molecule has 0 aliphatic heterocycles. The van der Waals surface area contributed by atoms with Crippen molar-refractivity contribution in [2.24, 2.45) is 0 Å². The lowest BCUT2D eigenvalue weighted by molar-refractivity contribution is -0.116. The second kappa shape index (κ2) is 9.65. The van der Waals surface area contributed by atoms with Gasteiger partial charge in [-0.1, -0.05) is 17.7 Å². The van der Waals surface area contributed by atoms with Crippen LogP contribution >= 0.6 is 23.8 Å². The van der Waals surface area contributed by atoms with Crippen molar-refractivity contribution in [1.82, 2.24) is 10.9 Å². The van der Waals surface area contributed by atoms with Crippen molar-refractivity contribution in [2.75, 3.05) is 19.5 Å². The maximum Gasteiger partial charge on any atom is 0.262 e. The number of ether oxygens (including phenoxy) is 2. The molecule has 26 heavy (non-hydrogen) atoms. The van der Waals surface area contributed by atoms with Gasteiger partial charge in [-0.05, 0) is 60.3 Å². The summed E-state index contributed by atoms with van der Waals surface area (Å²) in [6.07, 6.45) is 3.02. The molecule has 6 nitrogen and oxygen atoms in total. The Morgan fingerprint density at radius 2 is 1.73 bits per heavy atom. The van der Waals surface area contributed by atoms with Gasteiger partial charge in [0, 0.05) is 16.8 Å². The highest BCUT2D eigenvalue weighted by Crippen LogP contribution is 2.27. The Balaban J connectivity index is 1.85. The molecule has 0 fully saturated rings. The van der Waals surface area contributed by atoms with E-state index in [2.05, 4.69) is 16.2 Å². The summed E-state index contributed by atoms with van der Waals surface area (Å²) in [5.74, 6) is 0.843. The number of hydrazine groups is 1. The van der Waals surface area contributed by atoms with Gasteiger partial charge in [0.15, 0.2) is 16.6 Å². The van der Waals surface area contributed by atoms with E-state index >= 15 is 0 Å². The molecule has 2 aromatic carbocycles. The number of thiocarbonyl (C=S) groups is 1. The van der Waals surface area contributed by atoms with E-state index in [1.54, 1.807) is 56.7 Å². The highest BCUT2D eigenvalue weighted by atomic mass is 35.5. The number of carbonyl (C=O) groups excluding carboxylic acids is 1. The van der Waals surface area contributed by atoms with E-state index in [0.717, 1.165) is 11.3 Å². The second-order valence-corrected chi connectivity index (χ2v) is 5.87. The van der Waals surface area contributed by atoms with Crippen LogP contribution < -0.4 is 25.6 Å². The van der Waals surface area contributed by atoms with E-state index in [0.29, 0.717) is 16.5 Å². The summed E-state index contributed by atoms with van der Waals surface area (Å²) >= 11 is 10.9. The zero-order valence-corrected chi connectivity index (χ0v) is 15.8. The Kier molecular flexibility index (Phi) is 7.25. The fraction of sp³-hybridized carbons (Fsp3) is 0.111. The lowest BCUT2D eigenvalue weighted by atomic mass is 10.2. The Hall–Kier alpha value is -2.77. The largest absolute Gasteiger partial charge is 0.493 e. The van der Waals surface area contributed by atoms with Gasteiger partial charge in [-0.3, -0.25) is 15.6 Å². The molecule has 2 aromatic rings. The molecule has 0 aliphatic rings. The standard InChI is InChI=1S/C18H18ClN3O3S/c1-24-15-9-3-12(11-16(15)25-2)4-10-17(23)21-22-18(26)20-14-7-5-13(19)6-8-14/h3-11H,1-2H3,(H,21,23)(H2,20,22,26)/b10-4+. The van der Waals surface area contributed by atoms with Crippen LogP contribution in [0.2, 0.25) is 5.02 Å². The van der Waals surface area contributed by atoms with Gasteiger partial charge in [-0.15, -0.1) is 0 Å². The van der Waals surface area contributed by atoms with Crippen molar-refractivity contribution in [3.05, 3.63) is 59.1 Å². The van der Waals surface area contributed by atoms with Crippen LogP contribution in [0.1, 0.15) is 5.56 Å². The zero-order chi connectivity index (χ0) is 18.9. The molecule has 2 rings (SSSR count). The maximum atomic E-state index is 11.9. The van der Waals surface area contributed by atoms with Crippen LogP contribution in [0.5, 0.6) is 11.5 Å². The number of benzene rings is 2. The van der Waals surface area contributed by atoms with Crippen LogP contribution in [-0.4, -0.2) is 25.2 Å². The Labute approximate surface area is 162 Å². The SMILES string of the molecule is COc1ccc(/C=C/C(=O)NNC(=S)Nc2ccc(Cl)cc2)cc1OC. The zero-order valence-electron chi connectivity index (χ0n) is 14.2. The highest BCUT2D eigenvalue weighted by molar-refractivity contribution is 7.80. The molecule has 0 heterocycles. The molecule has 0 unspecified atom stereocenters. The molecular weight excluding hydrogens is 374 g/mol. The second-order valence-electron chi connectivity index (χ2n) is 5.02. The average Bonchev–Trinajstić information content (AvgIpc) is 2.66. The third-order valence-electron chi connectivity index (χ3n) is 3.24. The lowest BCUT2D eigenvalue weighted by Crippen LogP contribution is -2.43. The molecule has 0 aliphatic carbocycles. The fourth-order valence-electron chi connectivity index (χ4n) is 1.98. The molecular formula is C18H18ClN3O3S. The minimum absolute atomic E-state index is 0.250. The third-order valence-corrected chi connectivity index (χ3v) is 3.69. The molecule has 0 spiro atoms. The summed E-state index contributed by atoms with van der Waals surface area (Å²) in [7, 11) is 3.12. The first-order valence-corrected chi connectivity index (χ1v) is 8.33. The molecule has 0 saturated carbocycles. The van der Waals surface area contributed by atoms with Crippen molar-refractivity contribution in [2.45, 2.75) is 0 Å². The molecule has 0 radical (unpaired) electrons. The van der Waals surface area contributed by atoms with Crippen molar-refractivity contribution in [3.63, 3.8) is 0 Å². The molecule has 0 aromatic heterocycles. The van der Waals surface area contributed by atoms with Crippen LogP contribution in [0.25, 0.3) is 6.08 Å². The Morgan fingerprint density at radius 3 is 2.38 bits per heavy atom. The molecule has 136 valence electrons. The number of methoxy groups -OCH3 is 2. The quantitative estimate of drug-likeness (QED) is 0.412. The van der Waals surface area contributed by atoms with Gasteiger partial charge in [-0.25, -0.2) is 0 Å². The predicted molar refractivity (Wildman–Crippen MR) is 108 cm³/mol. The van der Waals surface area contributed by atoms with Crippen molar-refractivity contribution >= 4 is 46.6 Å². The molecule has 1 amide bonds. The number of halogens is 1. The van der Waals surface area contributed by atoms with E-state index in [1.807, 2.05) is 6.07 Å². The molecule has 0 saturated heterocycles. The molecule has 3 N–H and O–H groups in total. The van der Waals surface area contributed by atoms with Gasteiger partial charge < -0.3 is 14.8 Å². The predicted octanol–water partition coefficient (Wildman–Crippen LogP) is 3.39. The van der Waals surface area contributed by atoms with Crippen LogP contribution in [-0.2, 0) is 4.79 Å². The van der Waals surface area contributed by atoms with Crippen molar-refractivity contribution in [1.29, 1.82) is 0 Å². The molecule has 8 heteroatoms. The van der Waals surface area contributed by atoms with E-state index in [1.165, 1.54) is 6.08 Å². The summed E-state index contributed by atoms with van der Waals surface area (Å²) in [4.78, 5) is 11.9. The summed E-state index contributed by atoms with van der Waals surface area (Å²) < 4.78 is 10.4. The number of rotatable bonds is 5. The highest BCUT2D eigenvalue weighted by Gasteiger charge is 2.03. The number of nitrogens with one attached hydrogen (secondary N) is 3. The monoisotopic (exact) mass is 391 g/mol. The lowest BCUT2D eigenvalue weighted by Gasteiger charge is -2.10. The summed E-state index contributed by atoms with van der Waals surface area (Å²) in [5.41, 5.74) is 6.63. The number of anilines is 1. The van der Waals surface area contributed by atoms with E-state index in [-0.39, 0.29) is 11.0 Å². The summed E-state index contributed by atoms with van der Waals surface area (Å²) in [6, 6.07) is 12.4. The average molecular weight is 392 g/mol. The smallest absolute Gasteiger partial charge is 0.262 e. The van der Waals surface area contributed by atoms with Crippen LogP contribution in [0.3, 0.4) is 0 Å². The van der Waals surface area contributed by atoms with Gasteiger partial charge >= 0.3 is 0 Å². The maximum absolute atomic E-state index is 11.9. The van der Waals surface area contributed by atoms with Crippen LogP contribution in [0.15, 0.2) is 48.5 Å². The third kappa shape index (κ3) is 5.94. The minimum Gasteiger partial charge on any atom is -0.493 e. The van der Waals surface area contributed by atoms with Crippen molar-refractivity contribution in [3.8, 4) is 11.5 Å².